The zero-order valence-corrected chi connectivity index (χ0v) is 11.6. The zero-order chi connectivity index (χ0) is 12.4. The van der Waals surface area contributed by atoms with Crippen LogP contribution in [0.4, 0.5) is 0 Å². The zero-order valence-electron chi connectivity index (χ0n) is 10.8. The van der Waals surface area contributed by atoms with E-state index in [1.54, 1.807) is 11.1 Å². The van der Waals surface area contributed by atoms with Crippen LogP contribution in [0.5, 0.6) is 0 Å². The Morgan fingerprint density at radius 2 is 1.44 bits per heavy atom. The Hall–Kier alpha value is -1.21. The molecule has 2 aromatic carbocycles. The second kappa shape index (κ2) is 5.19. The lowest BCUT2D eigenvalue weighted by Crippen LogP contribution is -2.01. The van der Waals surface area contributed by atoms with Gasteiger partial charge in [0.2, 0.25) is 0 Å². The van der Waals surface area contributed by atoms with Gasteiger partial charge in [0, 0.05) is 9.79 Å². The molecule has 0 heterocycles. The second-order valence-electron chi connectivity index (χ2n) is 5.05. The van der Waals surface area contributed by atoms with E-state index in [4.69, 9.17) is 0 Å². The molecule has 0 radical (unpaired) electrons. The molecule has 0 saturated heterocycles. The van der Waals surface area contributed by atoms with Gasteiger partial charge in [0.05, 0.1) is 0 Å². The maximum absolute atomic E-state index is 2.39. The SMILES string of the molecule is Cc1ccc(Sc2ccc3c(c2)CCCC3)cc1. The summed E-state index contributed by atoms with van der Waals surface area (Å²) in [6.07, 6.45) is 5.24. The summed E-state index contributed by atoms with van der Waals surface area (Å²) in [5.74, 6) is 0. The van der Waals surface area contributed by atoms with Gasteiger partial charge in [-0.3, -0.25) is 0 Å². The lowest BCUT2D eigenvalue weighted by atomic mass is 9.92. The largest absolute Gasteiger partial charge is 0.0901 e. The van der Waals surface area contributed by atoms with Crippen molar-refractivity contribution in [1.29, 1.82) is 0 Å². The van der Waals surface area contributed by atoms with E-state index < -0.39 is 0 Å². The highest BCUT2D eigenvalue weighted by Gasteiger charge is 2.09. The van der Waals surface area contributed by atoms with Crippen LogP contribution in [0.2, 0.25) is 0 Å². The van der Waals surface area contributed by atoms with Crippen molar-refractivity contribution in [3.05, 3.63) is 59.2 Å². The third kappa shape index (κ3) is 2.62. The molecule has 0 nitrogen and oxygen atoms in total. The van der Waals surface area contributed by atoms with Gasteiger partial charge < -0.3 is 0 Å². The topological polar surface area (TPSA) is 0 Å². The molecule has 3 rings (SSSR count). The first kappa shape index (κ1) is 11.9. The van der Waals surface area contributed by atoms with Crippen molar-refractivity contribution in [2.45, 2.75) is 42.4 Å². The number of hydrogen-bond acceptors (Lipinski definition) is 1. The van der Waals surface area contributed by atoms with E-state index in [1.165, 1.54) is 41.0 Å². The Morgan fingerprint density at radius 1 is 0.778 bits per heavy atom. The average molecular weight is 254 g/mol. The number of rotatable bonds is 2. The summed E-state index contributed by atoms with van der Waals surface area (Å²) in [5.41, 5.74) is 4.46. The van der Waals surface area contributed by atoms with Gasteiger partial charge in [-0.25, -0.2) is 0 Å². The maximum Gasteiger partial charge on any atom is 0.0125 e. The Morgan fingerprint density at radius 3 is 2.22 bits per heavy atom. The Kier molecular flexibility index (Phi) is 3.42. The highest BCUT2D eigenvalue weighted by molar-refractivity contribution is 7.99. The number of benzene rings is 2. The quantitative estimate of drug-likeness (QED) is 0.724. The van der Waals surface area contributed by atoms with Crippen molar-refractivity contribution in [2.24, 2.45) is 0 Å². The maximum atomic E-state index is 2.39. The van der Waals surface area contributed by atoms with E-state index in [1.807, 2.05) is 11.8 Å². The fourth-order valence-electron chi connectivity index (χ4n) is 2.52. The predicted molar refractivity (Wildman–Crippen MR) is 78.4 cm³/mol. The van der Waals surface area contributed by atoms with E-state index >= 15 is 0 Å². The van der Waals surface area contributed by atoms with Gasteiger partial charge in [0.1, 0.15) is 0 Å². The molecule has 0 spiro atoms. The molecule has 0 unspecified atom stereocenters. The lowest BCUT2D eigenvalue weighted by Gasteiger charge is -2.16. The van der Waals surface area contributed by atoms with Crippen LogP contribution < -0.4 is 0 Å². The Balaban J connectivity index is 1.82. The lowest BCUT2D eigenvalue weighted by molar-refractivity contribution is 0.683. The summed E-state index contributed by atoms with van der Waals surface area (Å²) in [6, 6.07) is 15.8. The van der Waals surface area contributed by atoms with Crippen LogP contribution in [-0.2, 0) is 12.8 Å². The molecular weight excluding hydrogens is 236 g/mol. The Labute approximate surface area is 113 Å². The molecule has 18 heavy (non-hydrogen) atoms. The first-order valence-electron chi connectivity index (χ1n) is 6.67. The molecule has 0 fully saturated rings. The fraction of sp³-hybridized carbons (Fsp3) is 0.294. The van der Waals surface area contributed by atoms with Crippen molar-refractivity contribution >= 4 is 11.8 Å². The monoisotopic (exact) mass is 254 g/mol. The van der Waals surface area contributed by atoms with Gasteiger partial charge in [-0.05, 0) is 68.0 Å². The molecular formula is C17H18S. The summed E-state index contributed by atoms with van der Waals surface area (Å²) in [6.45, 7) is 2.13. The number of hydrogen-bond donors (Lipinski definition) is 0. The standard InChI is InChI=1S/C17H18S/c1-13-6-9-16(10-7-13)18-17-11-8-14-4-2-3-5-15(14)12-17/h6-12H,2-5H2,1H3. The predicted octanol–water partition coefficient (Wildman–Crippen LogP) is 5.03. The molecule has 2 aromatic rings. The third-order valence-corrected chi connectivity index (χ3v) is 4.57. The Bertz CT molecular complexity index is 540. The minimum absolute atomic E-state index is 1.26. The third-order valence-electron chi connectivity index (χ3n) is 3.58. The highest BCUT2D eigenvalue weighted by Crippen LogP contribution is 2.31. The van der Waals surface area contributed by atoms with Crippen molar-refractivity contribution in [1.82, 2.24) is 0 Å². The van der Waals surface area contributed by atoms with Gasteiger partial charge >= 0.3 is 0 Å². The summed E-state index contributed by atoms with van der Waals surface area (Å²) in [4.78, 5) is 2.70. The summed E-state index contributed by atoms with van der Waals surface area (Å²) >= 11 is 1.87. The van der Waals surface area contributed by atoms with Crippen LogP contribution in [0.3, 0.4) is 0 Å². The van der Waals surface area contributed by atoms with Crippen molar-refractivity contribution in [2.75, 3.05) is 0 Å². The molecule has 0 atom stereocenters. The van der Waals surface area contributed by atoms with Crippen LogP contribution in [0.1, 0.15) is 29.5 Å². The van der Waals surface area contributed by atoms with Gasteiger partial charge in [-0.1, -0.05) is 35.5 Å². The molecule has 0 amide bonds. The number of aryl methyl sites for hydroxylation is 3. The molecule has 92 valence electrons. The molecule has 0 aromatic heterocycles. The highest BCUT2D eigenvalue weighted by atomic mass is 32.2. The van der Waals surface area contributed by atoms with Gasteiger partial charge in [0.25, 0.3) is 0 Å². The molecule has 1 aliphatic rings. The summed E-state index contributed by atoms with van der Waals surface area (Å²) < 4.78 is 0. The minimum atomic E-state index is 1.26. The molecule has 1 heteroatoms. The van der Waals surface area contributed by atoms with E-state index in [9.17, 15) is 0 Å². The molecule has 1 aliphatic carbocycles. The van der Waals surface area contributed by atoms with Crippen LogP contribution in [0.25, 0.3) is 0 Å². The van der Waals surface area contributed by atoms with Gasteiger partial charge in [-0.2, -0.15) is 0 Å². The van der Waals surface area contributed by atoms with Crippen LogP contribution >= 0.6 is 11.8 Å². The van der Waals surface area contributed by atoms with E-state index in [-0.39, 0.29) is 0 Å². The normalized spacial score (nSPS) is 14.3. The van der Waals surface area contributed by atoms with E-state index in [2.05, 4.69) is 49.4 Å². The van der Waals surface area contributed by atoms with Gasteiger partial charge in [0.15, 0.2) is 0 Å². The molecule has 0 N–H and O–H groups in total. The smallest absolute Gasteiger partial charge is 0.0125 e. The van der Waals surface area contributed by atoms with Crippen LogP contribution in [0.15, 0.2) is 52.3 Å². The molecule has 0 saturated carbocycles. The fourth-order valence-corrected chi connectivity index (χ4v) is 3.40. The summed E-state index contributed by atoms with van der Waals surface area (Å²) in [7, 11) is 0. The van der Waals surface area contributed by atoms with Crippen LogP contribution in [-0.4, -0.2) is 0 Å². The number of fused-ring (bicyclic) bond motifs is 1. The van der Waals surface area contributed by atoms with Crippen molar-refractivity contribution < 1.29 is 0 Å². The first-order valence-corrected chi connectivity index (χ1v) is 7.49. The van der Waals surface area contributed by atoms with Gasteiger partial charge in [-0.15, -0.1) is 0 Å². The van der Waals surface area contributed by atoms with E-state index in [0.717, 1.165) is 0 Å². The average Bonchev–Trinajstić information content (AvgIpc) is 2.41. The second-order valence-corrected chi connectivity index (χ2v) is 6.20. The first-order chi connectivity index (χ1) is 8.81. The van der Waals surface area contributed by atoms with Crippen molar-refractivity contribution in [3.8, 4) is 0 Å². The summed E-state index contributed by atoms with van der Waals surface area (Å²) in [5, 5.41) is 0. The van der Waals surface area contributed by atoms with Crippen LogP contribution in [0, 0.1) is 6.92 Å². The minimum Gasteiger partial charge on any atom is -0.0901 e. The van der Waals surface area contributed by atoms with Crippen molar-refractivity contribution in [3.63, 3.8) is 0 Å². The van der Waals surface area contributed by atoms with E-state index in [0.29, 0.717) is 0 Å². The molecule has 0 aliphatic heterocycles. The molecule has 0 bridgehead atoms.